The normalized spacial score (nSPS) is 11.5. The molecule has 0 radical (unpaired) electrons. The minimum atomic E-state index is -4.61. The van der Waals surface area contributed by atoms with E-state index in [1.54, 1.807) is 0 Å². The minimum Gasteiger partial charge on any atom is -0.258 e. The maximum absolute atomic E-state index is 13.3. The molecule has 0 N–H and O–H groups in total. The van der Waals surface area contributed by atoms with E-state index >= 15 is 0 Å². The number of benzene rings is 2. The van der Waals surface area contributed by atoms with Gasteiger partial charge in [0.2, 0.25) is 5.82 Å². The first kappa shape index (κ1) is 14.9. The summed E-state index contributed by atoms with van der Waals surface area (Å²) in [4.78, 5) is 9.46. The largest absolute Gasteiger partial charge is 0.416 e. The summed E-state index contributed by atoms with van der Waals surface area (Å²) >= 11 is 0. The van der Waals surface area contributed by atoms with Crippen molar-refractivity contribution in [3.63, 3.8) is 0 Å². The number of hydrogen-bond donors (Lipinski definition) is 0. The number of alkyl halides is 3. The average Bonchev–Trinajstić information content (AvgIpc) is 2.40. The number of rotatable bonds is 2. The molecule has 0 bridgehead atoms. The van der Waals surface area contributed by atoms with Crippen molar-refractivity contribution in [1.29, 1.82) is 0 Å². The molecule has 2 rings (SSSR count). The highest BCUT2D eigenvalue weighted by atomic mass is 19.4. The molecular formula is C13H6F5NO2. The fraction of sp³-hybridized carbons (Fsp3) is 0.0769. The van der Waals surface area contributed by atoms with Crippen LogP contribution in [-0.4, -0.2) is 4.92 Å². The predicted molar refractivity (Wildman–Crippen MR) is 63.5 cm³/mol. The van der Waals surface area contributed by atoms with Gasteiger partial charge < -0.3 is 0 Å². The predicted octanol–water partition coefficient (Wildman–Crippen LogP) is 4.56. The Labute approximate surface area is 114 Å². The third-order valence-electron chi connectivity index (χ3n) is 2.73. The number of halogens is 5. The molecule has 8 heteroatoms. The van der Waals surface area contributed by atoms with Gasteiger partial charge in [-0.3, -0.25) is 10.1 Å². The summed E-state index contributed by atoms with van der Waals surface area (Å²) in [6, 6.07) is 5.09. The summed E-state index contributed by atoms with van der Waals surface area (Å²) in [5.74, 6) is -3.16. The second-order valence-electron chi connectivity index (χ2n) is 4.13. The van der Waals surface area contributed by atoms with E-state index < -0.39 is 34.0 Å². The fourth-order valence-corrected chi connectivity index (χ4v) is 1.75. The van der Waals surface area contributed by atoms with Gasteiger partial charge in [-0.1, -0.05) is 12.1 Å². The van der Waals surface area contributed by atoms with Gasteiger partial charge in [0.1, 0.15) is 0 Å². The van der Waals surface area contributed by atoms with E-state index in [2.05, 4.69) is 0 Å². The van der Waals surface area contributed by atoms with Crippen molar-refractivity contribution in [2.45, 2.75) is 6.18 Å². The van der Waals surface area contributed by atoms with Crippen LogP contribution in [-0.2, 0) is 6.18 Å². The first-order chi connectivity index (χ1) is 9.70. The highest BCUT2D eigenvalue weighted by molar-refractivity contribution is 5.67. The van der Waals surface area contributed by atoms with Gasteiger partial charge in [0.25, 0.3) is 0 Å². The Morgan fingerprint density at radius 1 is 1.00 bits per heavy atom. The molecule has 0 spiro atoms. The van der Waals surface area contributed by atoms with Gasteiger partial charge in [-0.25, -0.2) is 4.39 Å². The molecule has 0 heterocycles. The van der Waals surface area contributed by atoms with Crippen LogP contribution in [0.1, 0.15) is 5.56 Å². The van der Waals surface area contributed by atoms with Crippen molar-refractivity contribution < 1.29 is 26.9 Å². The van der Waals surface area contributed by atoms with Gasteiger partial charge in [0, 0.05) is 6.07 Å². The second kappa shape index (κ2) is 5.12. The maximum Gasteiger partial charge on any atom is 0.416 e. The number of nitrogens with zero attached hydrogens (tertiary/aromatic N) is 1. The van der Waals surface area contributed by atoms with E-state index in [0.29, 0.717) is 18.2 Å². The van der Waals surface area contributed by atoms with E-state index in [-0.39, 0.29) is 11.1 Å². The smallest absolute Gasteiger partial charge is 0.258 e. The first-order valence-electron chi connectivity index (χ1n) is 5.51. The van der Waals surface area contributed by atoms with Crippen molar-refractivity contribution in [2.75, 3.05) is 0 Å². The van der Waals surface area contributed by atoms with Crippen LogP contribution in [0.25, 0.3) is 11.1 Å². The standard InChI is InChI=1S/C13H6F5NO2/c14-10-5-8(6-11(12(10)15)19(20)21)7-2-1-3-9(4-7)13(16,17)18/h1-6H. The molecule has 2 aromatic rings. The van der Waals surface area contributed by atoms with Gasteiger partial charge in [0.05, 0.1) is 10.5 Å². The van der Waals surface area contributed by atoms with Crippen LogP contribution in [0.4, 0.5) is 27.6 Å². The molecule has 3 nitrogen and oxygen atoms in total. The molecule has 0 unspecified atom stereocenters. The average molecular weight is 303 g/mol. The lowest BCUT2D eigenvalue weighted by atomic mass is 10.0. The molecule has 2 aromatic carbocycles. The fourth-order valence-electron chi connectivity index (χ4n) is 1.75. The Balaban J connectivity index is 2.60. The van der Waals surface area contributed by atoms with Crippen LogP contribution in [0.15, 0.2) is 36.4 Å². The molecule has 0 fully saturated rings. The zero-order valence-corrected chi connectivity index (χ0v) is 10.1. The number of nitro groups is 1. The monoisotopic (exact) mass is 303 g/mol. The molecule has 0 amide bonds. The minimum absolute atomic E-state index is 0.105. The third kappa shape index (κ3) is 2.99. The quantitative estimate of drug-likeness (QED) is 0.464. The van der Waals surface area contributed by atoms with Gasteiger partial charge in [-0.15, -0.1) is 0 Å². The van der Waals surface area contributed by atoms with Crippen LogP contribution in [0.2, 0.25) is 0 Å². The molecule has 21 heavy (non-hydrogen) atoms. The lowest BCUT2D eigenvalue weighted by Crippen LogP contribution is -2.04. The topological polar surface area (TPSA) is 43.1 Å². The summed E-state index contributed by atoms with van der Waals surface area (Å²) in [5.41, 5.74) is -2.45. The Hall–Kier alpha value is -2.51. The first-order valence-corrected chi connectivity index (χ1v) is 5.51. The molecule has 0 aromatic heterocycles. The summed E-state index contributed by atoms with van der Waals surface area (Å²) in [6.45, 7) is 0. The van der Waals surface area contributed by atoms with E-state index in [0.717, 1.165) is 12.1 Å². The van der Waals surface area contributed by atoms with Crippen molar-refractivity contribution in [2.24, 2.45) is 0 Å². The second-order valence-corrected chi connectivity index (χ2v) is 4.13. The van der Waals surface area contributed by atoms with Crippen LogP contribution < -0.4 is 0 Å². The number of nitro benzene ring substituents is 1. The highest BCUT2D eigenvalue weighted by Gasteiger charge is 2.30. The summed E-state index contributed by atoms with van der Waals surface area (Å²) in [7, 11) is 0. The van der Waals surface area contributed by atoms with Crippen LogP contribution >= 0.6 is 0 Å². The van der Waals surface area contributed by atoms with E-state index in [9.17, 15) is 32.1 Å². The van der Waals surface area contributed by atoms with Gasteiger partial charge in [-0.2, -0.15) is 17.6 Å². The summed E-state index contributed by atoms with van der Waals surface area (Å²) < 4.78 is 64.3. The van der Waals surface area contributed by atoms with Crippen LogP contribution in [0, 0.1) is 21.7 Å². The molecule has 110 valence electrons. The third-order valence-corrected chi connectivity index (χ3v) is 2.73. The molecule has 0 saturated heterocycles. The van der Waals surface area contributed by atoms with E-state index in [4.69, 9.17) is 0 Å². The Kier molecular flexibility index (Phi) is 3.63. The van der Waals surface area contributed by atoms with E-state index in [1.165, 1.54) is 6.07 Å². The molecule has 0 aliphatic rings. The SMILES string of the molecule is O=[N+]([O-])c1cc(-c2cccc(C(F)(F)F)c2)cc(F)c1F. The van der Waals surface area contributed by atoms with Gasteiger partial charge in [-0.05, 0) is 29.3 Å². The van der Waals surface area contributed by atoms with Crippen LogP contribution in [0.3, 0.4) is 0 Å². The lowest BCUT2D eigenvalue weighted by Gasteiger charge is -2.09. The summed E-state index contributed by atoms with van der Waals surface area (Å²) in [5, 5.41) is 10.6. The van der Waals surface area contributed by atoms with Crippen molar-refractivity contribution in [1.82, 2.24) is 0 Å². The van der Waals surface area contributed by atoms with Gasteiger partial charge in [0.15, 0.2) is 5.82 Å². The zero-order chi connectivity index (χ0) is 15.8. The molecular weight excluding hydrogens is 297 g/mol. The Bertz CT molecular complexity index is 712. The van der Waals surface area contributed by atoms with Crippen molar-refractivity contribution in [3.05, 3.63) is 63.7 Å². The van der Waals surface area contributed by atoms with Gasteiger partial charge >= 0.3 is 11.9 Å². The van der Waals surface area contributed by atoms with E-state index in [1.807, 2.05) is 0 Å². The van der Waals surface area contributed by atoms with Crippen molar-refractivity contribution in [3.8, 4) is 11.1 Å². The molecule has 0 aliphatic heterocycles. The Morgan fingerprint density at radius 2 is 1.67 bits per heavy atom. The highest BCUT2D eigenvalue weighted by Crippen LogP contribution is 2.34. The lowest BCUT2D eigenvalue weighted by molar-refractivity contribution is -0.387. The summed E-state index contributed by atoms with van der Waals surface area (Å²) in [6.07, 6.45) is -4.61. The number of hydrogen-bond acceptors (Lipinski definition) is 2. The molecule has 0 saturated carbocycles. The maximum atomic E-state index is 13.3. The molecule has 0 atom stereocenters. The van der Waals surface area contributed by atoms with Crippen LogP contribution in [0.5, 0.6) is 0 Å². The zero-order valence-electron chi connectivity index (χ0n) is 10.1. The Morgan fingerprint density at radius 3 is 2.24 bits per heavy atom. The van der Waals surface area contributed by atoms with Crippen molar-refractivity contribution >= 4 is 5.69 Å². The molecule has 0 aliphatic carbocycles.